The number of hydrogen-bond acceptors (Lipinski definition) is 6. The highest BCUT2D eigenvalue weighted by Gasteiger charge is 2.23. The number of carbonyl (C=O) groups is 4. The van der Waals surface area contributed by atoms with Crippen LogP contribution in [0.15, 0.2) is 59.6 Å². The van der Waals surface area contributed by atoms with Crippen LogP contribution in [0.3, 0.4) is 0 Å². The molecule has 1 rings (SSSR count). The Morgan fingerprint density at radius 1 is 0.882 bits per heavy atom. The van der Waals surface area contributed by atoms with Gasteiger partial charge in [0, 0.05) is 0 Å². The molecule has 0 saturated carbocycles. The van der Waals surface area contributed by atoms with Crippen LogP contribution in [0.25, 0.3) is 6.08 Å². The highest BCUT2D eigenvalue weighted by molar-refractivity contribution is 6.08. The quantitative estimate of drug-likeness (QED) is 0.394. The summed E-state index contributed by atoms with van der Waals surface area (Å²) in [5.41, 5.74) is -0.471. The molecule has 0 heterocycles. The number of carbonyl (C=O) groups excluding carboxylic acids is 4. The van der Waals surface area contributed by atoms with Crippen molar-refractivity contribution in [2.45, 2.75) is 47.1 Å². The topological polar surface area (TPSA) is 123 Å². The summed E-state index contributed by atoms with van der Waals surface area (Å²) in [4.78, 5) is 50.1. The van der Waals surface area contributed by atoms with E-state index in [0.29, 0.717) is 5.56 Å². The van der Waals surface area contributed by atoms with Crippen molar-refractivity contribution in [3.8, 4) is 0 Å². The Morgan fingerprint density at radius 2 is 1.44 bits per heavy atom. The first kappa shape index (κ1) is 28.2. The van der Waals surface area contributed by atoms with Crippen molar-refractivity contribution in [2.24, 2.45) is 5.92 Å². The summed E-state index contributed by atoms with van der Waals surface area (Å²) < 4.78 is 9.88. The van der Waals surface area contributed by atoms with Gasteiger partial charge < -0.3 is 20.1 Å². The molecule has 0 radical (unpaired) electrons. The first-order chi connectivity index (χ1) is 15.9. The minimum atomic E-state index is -0.811. The van der Waals surface area contributed by atoms with Crippen LogP contribution in [-0.4, -0.2) is 36.6 Å². The van der Waals surface area contributed by atoms with E-state index >= 15 is 0 Å². The number of nitrogens with one attached hydrogen (secondary N) is 3. The maximum Gasteiger partial charge on any atom is 0.412 e. The molecule has 184 valence electrons. The van der Waals surface area contributed by atoms with Crippen molar-refractivity contribution in [3.05, 3.63) is 65.1 Å². The Morgan fingerprint density at radius 3 is 1.94 bits per heavy atom. The lowest BCUT2D eigenvalue weighted by molar-refractivity contribution is -0.137. The molecule has 34 heavy (non-hydrogen) atoms. The van der Waals surface area contributed by atoms with E-state index in [-0.39, 0.29) is 23.0 Å². The zero-order chi connectivity index (χ0) is 25.9. The summed E-state index contributed by atoms with van der Waals surface area (Å²) in [6, 6.07) is 8.81. The number of esters is 1. The average Bonchev–Trinajstić information content (AvgIpc) is 2.74. The van der Waals surface area contributed by atoms with Crippen LogP contribution < -0.4 is 16.0 Å². The Bertz CT molecular complexity index is 986. The molecule has 0 aliphatic rings. The highest BCUT2D eigenvalue weighted by Crippen LogP contribution is 2.10. The molecule has 9 heteroatoms. The minimum absolute atomic E-state index is 0.0877. The molecule has 9 nitrogen and oxygen atoms in total. The number of methoxy groups -OCH3 is 1. The van der Waals surface area contributed by atoms with E-state index in [1.165, 1.54) is 25.3 Å². The van der Waals surface area contributed by atoms with Gasteiger partial charge in [0.25, 0.3) is 11.8 Å². The SMILES string of the molecule is C/C=C(\NC(=O)/C(=C/c1ccccc1)NC(=O)/C(=C/C(C)C)NC(=O)OC(C)(C)C)C(=O)OC. The van der Waals surface area contributed by atoms with E-state index in [4.69, 9.17) is 4.74 Å². The molecule has 0 aliphatic carbocycles. The fourth-order valence-corrected chi connectivity index (χ4v) is 2.53. The van der Waals surface area contributed by atoms with Crippen LogP contribution in [0, 0.1) is 5.92 Å². The number of rotatable bonds is 8. The maximum absolute atomic E-state index is 13.1. The smallest absolute Gasteiger partial charge is 0.412 e. The van der Waals surface area contributed by atoms with Crippen LogP contribution in [0.4, 0.5) is 4.79 Å². The molecule has 0 aromatic heterocycles. The van der Waals surface area contributed by atoms with Gasteiger partial charge in [-0.25, -0.2) is 9.59 Å². The summed E-state index contributed by atoms with van der Waals surface area (Å²) in [7, 11) is 1.19. The molecule has 1 aromatic rings. The molecule has 3 amide bonds. The molecule has 0 unspecified atom stereocenters. The molecule has 0 spiro atoms. The number of amides is 3. The molecule has 3 N–H and O–H groups in total. The minimum Gasteiger partial charge on any atom is -0.464 e. The van der Waals surface area contributed by atoms with Crippen molar-refractivity contribution in [1.82, 2.24) is 16.0 Å². The summed E-state index contributed by atoms with van der Waals surface area (Å²) in [5, 5.41) is 7.38. The summed E-state index contributed by atoms with van der Waals surface area (Å²) in [6.07, 6.45) is 3.54. The third kappa shape index (κ3) is 10.2. The van der Waals surface area contributed by atoms with E-state index in [9.17, 15) is 19.2 Å². The van der Waals surface area contributed by atoms with Gasteiger partial charge in [-0.2, -0.15) is 0 Å². The van der Waals surface area contributed by atoms with Gasteiger partial charge in [0.15, 0.2) is 0 Å². The normalized spacial score (nSPS) is 12.6. The van der Waals surface area contributed by atoms with Crippen molar-refractivity contribution < 1.29 is 28.7 Å². The van der Waals surface area contributed by atoms with Crippen LogP contribution in [-0.2, 0) is 23.9 Å². The number of benzene rings is 1. The summed E-state index contributed by atoms with van der Waals surface area (Å²) in [5.74, 6) is -2.33. The molecule has 0 aliphatic heterocycles. The predicted molar refractivity (Wildman–Crippen MR) is 129 cm³/mol. The average molecular weight is 472 g/mol. The maximum atomic E-state index is 13.1. The van der Waals surface area contributed by atoms with Crippen molar-refractivity contribution in [1.29, 1.82) is 0 Å². The van der Waals surface area contributed by atoms with E-state index in [1.54, 1.807) is 58.0 Å². The fourth-order valence-electron chi connectivity index (χ4n) is 2.53. The van der Waals surface area contributed by atoms with Gasteiger partial charge >= 0.3 is 12.1 Å². The second-order valence-corrected chi connectivity index (χ2v) is 8.52. The lowest BCUT2D eigenvalue weighted by atomic mass is 10.1. The molecular formula is C25H33N3O6. The van der Waals surface area contributed by atoms with Gasteiger partial charge in [-0.05, 0) is 45.3 Å². The van der Waals surface area contributed by atoms with Crippen molar-refractivity contribution in [3.63, 3.8) is 0 Å². The number of ether oxygens (including phenoxy) is 2. The van der Waals surface area contributed by atoms with Crippen LogP contribution >= 0.6 is 0 Å². The van der Waals surface area contributed by atoms with Gasteiger partial charge in [-0.15, -0.1) is 0 Å². The van der Waals surface area contributed by atoms with Crippen LogP contribution in [0.2, 0.25) is 0 Å². The summed E-state index contributed by atoms with van der Waals surface area (Å²) >= 11 is 0. The van der Waals surface area contributed by atoms with Gasteiger partial charge in [0.05, 0.1) is 7.11 Å². The number of alkyl carbamates (subject to hydrolysis) is 1. The van der Waals surface area contributed by atoms with Crippen molar-refractivity contribution in [2.75, 3.05) is 7.11 Å². The van der Waals surface area contributed by atoms with Gasteiger partial charge in [-0.3, -0.25) is 14.9 Å². The lowest BCUT2D eigenvalue weighted by Crippen LogP contribution is -2.41. The molecule has 0 saturated heterocycles. The Balaban J connectivity index is 3.27. The highest BCUT2D eigenvalue weighted by atomic mass is 16.6. The molecular weight excluding hydrogens is 438 g/mol. The molecule has 0 fully saturated rings. The molecule has 1 aromatic carbocycles. The first-order valence-corrected chi connectivity index (χ1v) is 10.7. The number of hydrogen-bond donors (Lipinski definition) is 3. The summed E-state index contributed by atoms with van der Waals surface area (Å²) in [6.45, 7) is 10.3. The zero-order valence-electron chi connectivity index (χ0n) is 20.6. The first-order valence-electron chi connectivity index (χ1n) is 10.7. The third-order valence-corrected chi connectivity index (χ3v) is 3.93. The Hall–Kier alpha value is -3.88. The Labute approximate surface area is 200 Å². The van der Waals surface area contributed by atoms with E-state index in [1.807, 2.05) is 13.8 Å². The third-order valence-electron chi connectivity index (χ3n) is 3.93. The second-order valence-electron chi connectivity index (χ2n) is 8.52. The van der Waals surface area contributed by atoms with E-state index < -0.39 is 29.5 Å². The monoisotopic (exact) mass is 471 g/mol. The zero-order valence-corrected chi connectivity index (χ0v) is 20.6. The van der Waals surface area contributed by atoms with E-state index in [0.717, 1.165) is 0 Å². The second kappa shape index (κ2) is 13.0. The number of allylic oxidation sites excluding steroid dienone is 2. The fraction of sp³-hybridized carbons (Fsp3) is 0.360. The lowest BCUT2D eigenvalue weighted by Gasteiger charge is -2.21. The van der Waals surface area contributed by atoms with Crippen LogP contribution in [0.5, 0.6) is 0 Å². The standard InChI is InChI=1S/C25H33N3O6/c1-8-18(23(31)33-7)26-22(30)20(15-17-12-10-9-11-13-17)27-21(29)19(14-16(2)3)28-24(32)34-25(4,5)6/h8-16H,1-7H3,(H,26,30)(H,27,29)(H,28,32)/b18-8-,19-14-,20-15-. The van der Waals surface area contributed by atoms with Gasteiger partial charge in [0.2, 0.25) is 0 Å². The predicted octanol–water partition coefficient (Wildman–Crippen LogP) is 3.40. The van der Waals surface area contributed by atoms with Crippen molar-refractivity contribution >= 4 is 30.0 Å². The van der Waals surface area contributed by atoms with Gasteiger partial charge in [0.1, 0.15) is 22.7 Å². The van der Waals surface area contributed by atoms with E-state index in [2.05, 4.69) is 20.7 Å². The van der Waals surface area contributed by atoms with Gasteiger partial charge in [-0.1, -0.05) is 56.3 Å². The largest absolute Gasteiger partial charge is 0.464 e. The molecule has 0 atom stereocenters. The van der Waals surface area contributed by atoms with Crippen LogP contribution in [0.1, 0.15) is 47.1 Å². The molecule has 0 bridgehead atoms. The Kier molecular flexibility index (Phi) is 10.7.